The molecule has 9 nitrogen and oxygen atoms in total. The van der Waals surface area contributed by atoms with Crippen LogP contribution in [0.1, 0.15) is 16.1 Å². The van der Waals surface area contributed by atoms with Crippen LogP contribution in [0.2, 0.25) is 0 Å². The van der Waals surface area contributed by atoms with Gasteiger partial charge in [0.2, 0.25) is 0 Å². The van der Waals surface area contributed by atoms with Gasteiger partial charge in [0.1, 0.15) is 6.33 Å². The van der Waals surface area contributed by atoms with E-state index in [1.165, 1.54) is 17.3 Å². The second-order valence-corrected chi connectivity index (χ2v) is 5.56. The monoisotopic (exact) mass is 346 g/mol. The Morgan fingerprint density at radius 3 is 2.69 bits per heavy atom. The standard InChI is InChI=1S/C17H14N8O/c1-12-9-13(7-8-16(12)24-11-18-22-23-24)20-17(26)15-10-19-25(21-15)14-5-3-2-4-6-14/h2-11H,1H3,(H,20,26). The van der Waals surface area contributed by atoms with Crippen LogP contribution in [-0.4, -0.2) is 41.1 Å². The highest BCUT2D eigenvalue weighted by Crippen LogP contribution is 2.18. The highest BCUT2D eigenvalue weighted by molar-refractivity contribution is 6.02. The van der Waals surface area contributed by atoms with Gasteiger partial charge in [0.25, 0.3) is 5.91 Å². The van der Waals surface area contributed by atoms with Crippen molar-refractivity contribution in [3.05, 3.63) is 72.3 Å². The number of amides is 1. The van der Waals surface area contributed by atoms with E-state index in [0.717, 1.165) is 16.9 Å². The van der Waals surface area contributed by atoms with Crippen LogP contribution in [0.4, 0.5) is 5.69 Å². The van der Waals surface area contributed by atoms with Gasteiger partial charge in [-0.05, 0) is 53.2 Å². The lowest BCUT2D eigenvalue weighted by atomic mass is 10.2. The molecule has 2 aromatic carbocycles. The van der Waals surface area contributed by atoms with Crippen LogP contribution in [0.5, 0.6) is 0 Å². The quantitative estimate of drug-likeness (QED) is 0.604. The Bertz CT molecular complexity index is 1040. The summed E-state index contributed by atoms with van der Waals surface area (Å²) in [6.07, 6.45) is 2.95. The molecule has 0 aliphatic carbocycles. The van der Waals surface area contributed by atoms with Crippen LogP contribution in [0.3, 0.4) is 0 Å². The number of para-hydroxylation sites is 1. The Labute approximate surface area is 148 Å². The molecule has 0 spiro atoms. The maximum Gasteiger partial charge on any atom is 0.277 e. The summed E-state index contributed by atoms with van der Waals surface area (Å²) in [5, 5.41) is 22.3. The van der Waals surface area contributed by atoms with Crippen molar-refractivity contribution in [2.45, 2.75) is 6.92 Å². The van der Waals surface area contributed by atoms with Crippen LogP contribution >= 0.6 is 0 Å². The third kappa shape index (κ3) is 3.05. The lowest BCUT2D eigenvalue weighted by Crippen LogP contribution is -2.13. The largest absolute Gasteiger partial charge is 0.321 e. The molecule has 128 valence electrons. The number of aromatic nitrogens is 7. The first kappa shape index (κ1) is 15.6. The van der Waals surface area contributed by atoms with Crippen molar-refractivity contribution in [3.8, 4) is 11.4 Å². The van der Waals surface area contributed by atoms with Gasteiger partial charge in [-0.15, -0.1) is 10.2 Å². The minimum Gasteiger partial charge on any atom is -0.321 e. The normalized spacial score (nSPS) is 10.7. The van der Waals surface area contributed by atoms with E-state index in [-0.39, 0.29) is 11.6 Å². The maximum atomic E-state index is 12.4. The summed E-state index contributed by atoms with van der Waals surface area (Å²) >= 11 is 0. The summed E-state index contributed by atoms with van der Waals surface area (Å²) in [5.74, 6) is -0.332. The van der Waals surface area contributed by atoms with Crippen LogP contribution in [0, 0.1) is 6.92 Å². The first-order valence-electron chi connectivity index (χ1n) is 7.84. The zero-order valence-electron chi connectivity index (χ0n) is 13.8. The number of carbonyl (C=O) groups is 1. The average molecular weight is 346 g/mol. The number of aryl methyl sites for hydroxylation is 1. The van der Waals surface area contributed by atoms with Crippen molar-refractivity contribution < 1.29 is 4.79 Å². The van der Waals surface area contributed by atoms with Gasteiger partial charge in [-0.1, -0.05) is 18.2 Å². The lowest BCUT2D eigenvalue weighted by Gasteiger charge is -2.08. The summed E-state index contributed by atoms with van der Waals surface area (Å²) in [6, 6.07) is 14.9. The average Bonchev–Trinajstić information content (AvgIpc) is 3.35. The Morgan fingerprint density at radius 2 is 1.96 bits per heavy atom. The fraction of sp³-hybridized carbons (Fsp3) is 0.0588. The van der Waals surface area contributed by atoms with Crippen LogP contribution in [0.25, 0.3) is 11.4 Å². The van der Waals surface area contributed by atoms with Crippen molar-refractivity contribution in [2.75, 3.05) is 5.32 Å². The number of hydrogen-bond acceptors (Lipinski definition) is 6. The van der Waals surface area contributed by atoms with Crippen LogP contribution < -0.4 is 5.32 Å². The highest BCUT2D eigenvalue weighted by Gasteiger charge is 2.13. The smallest absolute Gasteiger partial charge is 0.277 e. The van der Waals surface area contributed by atoms with E-state index in [9.17, 15) is 4.79 Å². The van der Waals surface area contributed by atoms with E-state index in [2.05, 4.69) is 31.0 Å². The molecule has 2 heterocycles. The molecule has 0 saturated heterocycles. The Hall–Kier alpha value is -3.88. The Balaban J connectivity index is 1.52. The van der Waals surface area contributed by atoms with Gasteiger partial charge in [0.15, 0.2) is 5.69 Å². The zero-order valence-corrected chi connectivity index (χ0v) is 13.8. The SMILES string of the molecule is Cc1cc(NC(=O)c2cnn(-c3ccccc3)n2)ccc1-n1cnnn1. The van der Waals surface area contributed by atoms with Crippen molar-refractivity contribution in [1.29, 1.82) is 0 Å². The van der Waals surface area contributed by atoms with Crippen LogP contribution in [-0.2, 0) is 0 Å². The highest BCUT2D eigenvalue weighted by atomic mass is 16.2. The first-order chi connectivity index (χ1) is 12.7. The number of hydrogen-bond donors (Lipinski definition) is 1. The van der Waals surface area contributed by atoms with E-state index >= 15 is 0 Å². The maximum absolute atomic E-state index is 12.4. The van der Waals surface area contributed by atoms with Crippen molar-refractivity contribution in [2.24, 2.45) is 0 Å². The topological polar surface area (TPSA) is 103 Å². The third-order valence-corrected chi connectivity index (χ3v) is 3.76. The summed E-state index contributed by atoms with van der Waals surface area (Å²) in [7, 11) is 0. The predicted molar refractivity (Wildman–Crippen MR) is 93.2 cm³/mol. The molecular weight excluding hydrogens is 332 g/mol. The summed E-state index contributed by atoms with van der Waals surface area (Å²) in [4.78, 5) is 13.8. The van der Waals surface area contributed by atoms with Gasteiger partial charge in [0, 0.05) is 5.69 Å². The number of benzene rings is 2. The summed E-state index contributed by atoms with van der Waals surface area (Å²) < 4.78 is 1.56. The minimum absolute atomic E-state index is 0.232. The van der Waals surface area contributed by atoms with Crippen LogP contribution in [0.15, 0.2) is 61.1 Å². The van der Waals surface area contributed by atoms with Gasteiger partial charge in [-0.25, -0.2) is 4.68 Å². The molecule has 0 saturated carbocycles. The number of carbonyl (C=O) groups excluding carboxylic acids is 1. The number of rotatable bonds is 4. The third-order valence-electron chi connectivity index (χ3n) is 3.76. The molecule has 2 aromatic heterocycles. The van der Waals surface area contributed by atoms with Gasteiger partial charge in [-0.3, -0.25) is 4.79 Å². The number of anilines is 1. The first-order valence-corrected chi connectivity index (χ1v) is 7.84. The molecule has 4 rings (SSSR count). The molecule has 0 fully saturated rings. The zero-order chi connectivity index (χ0) is 17.9. The van der Waals surface area contributed by atoms with E-state index in [1.807, 2.05) is 49.4 Å². The molecule has 0 radical (unpaired) electrons. The molecule has 0 unspecified atom stereocenters. The van der Waals surface area contributed by atoms with Crippen molar-refractivity contribution in [3.63, 3.8) is 0 Å². The van der Waals surface area contributed by atoms with E-state index in [4.69, 9.17) is 0 Å². The molecule has 0 bridgehead atoms. The van der Waals surface area contributed by atoms with Gasteiger partial charge >= 0.3 is 0 Å². The molecule has 26 heavy (non-hydrogen) atoms. The lowest BCUT2D eigenvalue weighted by molar-refractivity contribution is 0.102. The summed E-state index contributed by atoms with van der Waals surface area (Å²) in [5.41, 5.74) is 3.42. The van der Waals surface area contributed by atoms with Gasteiger partial charge in [-0.2, -0.15) is 9.90 Å². The Kier molecular flexibility index (Phi) is 3.94. The molecule has 0 aliphatic rings. The fourth-order valence-electron chi connectivity index (χ4n) is 2.51. The molecule has 0 atom stereocenters. The number of tetrazole rings is 1. The molecule has 1 N–H and O–H groups in total. The molecule has 9 heteroatoms. The number of nitrogens with zero attached hydrogens (tertiary/aromatic N) is 7. The number of nitrogens with one attached hydrogen (secondary N) is 1. The molecule has 4 aromatic rings. The Morgan fingerprint density at radius 1 is 1.12 bits per heavy atom. The van der Waals surface area contributed by atoms with Gasteiger partial charge < -0.3 is 5.32 Å². The summed E-state index contributed by atoms with van der Waals surface area (Å²) in [6.45, 7) is 1.92. The predicted octanol–water partition coefficient (Wildman–Crippen LogP) is 1.80. The minimum atomic E-state index is -0.332. The van der Waals surface area contributed by atoms with E-state index in [0.29, 0.717) is 5.69 Å². The van der Waals surface area contributed by atoms with Gasteiger partial charge in [0.05, 0.1) is 17.6 Å². The molecule has 0 aliphatic heterocycles. The van der Waals surface area contributed by atoms with E-state index < -0.39 is 0 Å². The molecular formula is C17H14N8O. The second kappa shape index (κ2) is 6.55. The fourth-order valence-corrected chi connectivity index (χ4v) is 2.51. The van der Waals surface area contributed by atoms with E-state index in [1.54, 1.807) is 10.7 Å². The van der Waals surface area contributed by atoms with Crippen molar-refractivity contribution >= 4 is 11.6 Å². The second-order valence-electron chi connectivity index (χ2n) is 5.56. The molecule has 1 amide bonds. The van der Waals surface area contributed by atoms with Crippen molar-refractivity contribution in [1.82, 2.24) is 35.2 Å².